The molecule has 2 N–H and O–H groups in total. The number of hydrogen-bond donors (Lipinski definition) is 2. The van der Waals surface area contributed by atoms with Gasteiger partial charge in [-0.2, -0.15) is 0 Å². The van der Waals surface area contributed by atoms with Crippen molar-refractivity contribution in [1.29, 1.82) is 0 Å². The van der Waals surface area contributed by atoms with E-state index in [2.05, 4.69) is 15.3 Å². The lowest BCUT2D eigenvalue weighted by Crippen LogP contribution is -2.13. The topological polar surface area (TPSA) is 76.2 Å². The van der Waals surface area contributed by atoms with E-state index < -0.39 is 0 Å². The smallest absolute Gasteiger partial charge is 0.234 e. The van der Waals surface area contributed by atoms with Crippen LogP contribution >= 0.6 is 11.8 Å². The Morgan fingerprint density at radius 3 is 2.48 bits per heavy atom. The number of ether oxygens (including phenoxy) is 2. The lowest BCUT2D eigenvalue weighted by molar-refractivity contribution is -0.113. The quantitative estimate of drug-likeness (QED) is 0.419. The number of rotatable bonds is 7. The van der Waals surface area contributed by atoms with Crippen molar-refractivity contribution in [3.8, 4) is 17.2 Å². The van der Waals surface area contributed by atoms with Crippen molar-refractivity contribution < 1.29 is 14.3 Å². The molecule has 0 radical (unpaired) electrons. The molecule has 0 saturated carbocycles. The third-order valence-corrected chi connectivity index (χ3v) is 5.00. The van der Waals surface area contributed by atoms with Gasteiger partial charge in [0.05, 0.1) is 23.9 Å². The minimum absolute atomic E-state index is 0.107. The molecule has 0 spiro atoms. The van der Waals surface area contributed by atoms with Crippen molar-refractivity contribution in [2.75, 3.05) is 18.2 Å². The van der Waals surface area contributed by atoms with Gasteiger partial charge in [-0.3, -0.25) is 4.79 Å². The molecular formula is C22H19N3O3S. The molecule has 0 saturated heterocycles. The molecule has 0 aliphatic carbocycles. The number of anilines is 1. The molecule has 1 amide bonds. The monoisotopic (exact) mass is 405 g/mol. The second kappa shape index (κ2) is 8.70. The molecule has 0 unspecified atom stereocenters. The largest absolute Gasteiger partial charge is 0.497 e. The van der Waals surface area contributed by atoms with Gasteiger partial charge in [0, 0.05) is 11.8 Å². The Labute approximate surface area is 172 Å². The van der Waals surface area contributed by atoms with Crippen LogP contribution in [0.1, 0.15) is 0 Å². The van der Waals surface area contributed by atoms with Gasteiger partial charge in [-0.15, -0.1) is 0 Å². The number of amides is 1. The third-order valence-electron chi connectivity index (χ3n) is 4.12. The van der Waals surface area contributed by atoms with Crippen molar-refractivity contribution in [1.82, 2.24) is 9.97 Å². The van der Waals surface area contributed by atoms with Crippen molar-refractivity contribution >= 4 is 34.4 Å². The Morgan fingerprint density at radius 1 is 1.00 bits per heavy atom. The zero-order valence-corrected chi connectivity index (χ0v) is 16.5. The van der Waals surface area contributed by atoms with Gasteiger partial charge in [-0.1, -0.05) is 30.0 Å². The first kappa shape index (κ1) is 18.9. The molecule has 1 heterocycles. The Hall–Kier alpha value is -3.45. The summed E-state index contributed by atoms with van der Waals surface area (Å²) in [4.78, 5) is 19.9. The predicted octanol–water partition coefficient (Wildman–Crippen LogP) is 5.09. The second-order valence-electron chi connectivity index (χ2n) is 6.20. The normalized spacial score (nSPS) is 10.7. The zero-order valence-electron chi connectivity index (χ0n) is 15.7. The van der Waals surface area contributed by atoms with E-state index in [1.807, 2.05) is 72.8 Å². The number of aromatic amines is 1. The molecule has 4 aromatic rings. The van der Waals surface area contributed by atoms with Gasteiger partial charge in [-0.05, 0) is 48.5 Å². The number of hydrogen-bond acceptors (Lipinski definition) is 5. The van der Waals surface area contributed by atoms with E-state index in [-0.39, 0.29) is 11.7 Å². The Kier molecular flexibility index (Phi) is 5.67. The van der Waals surface area contributed by atoms with Crippen LogP contribution in [-0.4, -0.2) is 28.7 Å². The van der Waals surface area contributed by atoms with Crippen LogP contribution in [0.3, 0.4) is 0 Å². The van der Waals surface area contributed by atoms with Crippen molar-refractivity contribution in [3.63, 3.8) is 0 Å². The van der Waals surface area contributed by atoms with Gasteiger partial charge in [0.15, 0.2) is 5.16 Å². The third kappa shape index (κ3) is 4.89. The van der Waals surface area contributed by atoms with Crippen LogP contribution in [0.2, 0.25) is 0 Å². The van der Waals surface area contributed by atoms with Crippen LogP contribution in [-0.2, 0) is 4.79 Å². The molecule has 4 rings (SSSR count). The number of nitrogens with one attached hydrogen (secondary N) is 2. The molecule has 146 valence electrons. The molecule has 0 aliphatic heterocycles. The summed E-state index contributed by atoms with van der Waals surface area (Å²) in [5.74, 6) is 2.38. The standard InChI is InChI=1S/C22H19N3O3S/c1-27-18-11-12-19-20(13-18)25-22(24-19)29-14-21(26)23-15-7-9-17(10-8-15)28-16-5-3-2-4-6-16/h2-13H,14H2,1H3,(H,23,26)(H,24,25). The van der Waals surface area contributed by atoms with Crippen molar-refractivity contribution in [3.05, 3.63) is 72.8 Å². The maximum atomic E-state index is 12.3. The van der Waals surface area contributed by atoms with Crippen LogP contribution in [0.5, 0.6) is 17.2 Å². The number of methoxy groups -OCH3 is 1. The number of imidazole rings is 1. The molecule has 3 aromatic carbocycles. The van der Waals surface area contributed by atoms with Crippen LogP contribution in [0.25, 0.3) is 11.0 Å². The van der Waals surface area contributed by atoms with E-state index in [0.717, 1.165) is 22.5 Å². The SMILES string of the molecule is COc1ccc2nc(SCC(=O)Nc3ccc(Oc4ccccc4)cc3)[nH]c2c1. The summed E-state index contributed by atoms with van der Waals surface area (Å²) in [5, 5.41) is 3.57. The lowest BCUT2D eigenvalue weighted by atomic mass is 10.3. The lowest BCUT2D eigenvalue weighted by Gasteiger charge is -2.07. The highest BCUT2D eigenvalue weighted by Crippen LogP contribution is 2.24. The van der Waals surface area contributed by atoms with E-state index in [1.54, 1.807) is 7.11 Å². The van der Waals surface area contributed by atoms with E-state index in [1.165, 1.54) is 11.8 Å². The Bertz CT molecular complexity index is 1110. The number of carbonyl (C=O) groups is 1. The highest BCUT2D eigenvalue weighted by molar-refractivity contribution is 7.99. The maximum absolute atomic E-state index is 12.3. The molecule has 1 aromatic heterocycles. The molecule has 0 fully saturated rings. The van der Waals surface area contributed by atoms with Gasteiger partial charge in [0.25, 0.3) is 0 Å². The Balaban J connectivity index is 1.31. The summed E-state index contributed by atoms with van der Waals surface area (Å²) in [6.07, 6.45) is 0. The van der Waals surface area contributed by atoms with E-state index in [4.69, 9.17) is 9.47 Å². The molecule has 7 heteroatoms. The number of carbonyl (C=O) groups excluding carboxylic acids is 1. The maximum Gasteiger partial charge on any atom is 0.234 e. The summed E-state index contributed by atoms with van der Waals surface area (Å²) < 4.78 is 11.0. The minimum atomic E-state index is -0.107. The number of benzene rings is 3. The highest BCUT2D eigenvalue weighted by Gasteiger charge is 2.08. The van der Waals surface area contributed by atoms with E-state index in [9.17, 15) is 4.79 Å². The fourth-order valence-electron chi connectivity index (χ4n) is 2.72. The minimum Gasteiger partial charge on any atom is -0.497 e. The number of aromatic nitrogens is 2. The van der Waals surface area contributed by atoms with Gasteiger partial charge < -0.3 is 19.8 Å². The number of fused-ring (bicyclic) bond motifs is 1. The first-order valence-corrected chi connectivity index (χ1v) is 9.97. The summed E-state index contributed by atoms with van der Waals surface area (Å²) in [7, 11) is 1.62. The average molecular weight is 405 g/mol. The molecule has 0 atom stereocenters. The van der Waals surface area contributed by atoms with Crippen LogP contribution < -0.4 is 14.8 Å². The first-order valence-electron chi connectivity index (χ1n) is 8.99. The van der Waals surface area contributed by atoms with Crippen molar-refractivity contribution in [2.45, 2.75) is 5.16 Å². The summed E-state index contributed by atoms with van der Waals surface area (Å²) in [6.45, 7) is 0. The number of H-pyrrole nitrogens is 1. The van der Waals surface area contributed by atoms with Crippen LogP contribution in [0.4, 0.5) is 5.69 Å². The van der Waals surface area contributed by atoms with E-state index in [0.29, 0.717) is 16.6 Å². The predicted molar refractivity (Wildman–Crippen MR) is 115 cm³/mol. The molecular weight excluding hydrogens is 386 g/mol. The van der Waals surface area contributed by atoms with Crippen LogP contribution in [0, 0.1) is 0 Å². The number of nitrogens with zero attached hydrogens (tertiary/aromatic N) is 1. The first-order chi connectivity index (χ1) is 14.2. The van der Waals surface area contributed by atoms with E-state index >= 15 is 0 Å². The number of para-hydroxylation sites is 1. The molecule has 0 bridgehead atoms. The van der Waals surface area contributed by atoms with Gasteiger partial charge in [0.1, 0.15) is 17.2 Å². The molecule has 0 aliphatic rings. The molecule has 29 heavy (non-hydrogen) atoms. The highest BCUT2D eigenvalue weighted by atomic mass is 32.2. The number of thioether (sulfide) groups is 1. The summed E-state index contributed by atoms with van der Waals surface area (Å²) in [6, 6.07) is 22.4. The Morgan fingerprint density at radius 2 is 1.72 bits per heavy atom. The zero-order chi connectivity index (χ0) is 20.1. The second-order valence-corrected chi connectivity index (χ2v) is 7.17. The van der Waals surface area contributed by atoms with Gasteiger partial charge >= 0.3 is 0 Å². The fourth-order valence-corrected chi connectivity index (χ4v) is 3.41. The van der Waals surface area contributed by atoms with Gasteiger partial charge in [0.2, 0.25) is 5.91 Å². The average Bonchev–Trinajstić information content (AvgIpc) is 3.16. The fraction of sp³-hybridized carbons (Fsp3) is 0.0909. The van der Waals surface area contributed by atoms with Crippen LogP contribution in [0.15, 0.2) is 78.0 Å². The summed E-state index contributed by atoms with van der Waals surface area (Å²) >= 11 is 1.35. The molecule has 6 nitrogen and oxygen atoms in total. The van der Waals surface area contributed by atoms with Gasteiger partial charge in [-0.25, -0.2) is 4.98 Å². The summed E-state index contributed by atoms with van der Waals surface area (Å²) in [5.41, 5.74) is 2.43. The van der Waals surface area contributed by atoms with Crippen molar-refractivity contribution in [2.24, 2.45) is 0 Å².